The van der Waals surface area contributed by atoms with Gasteiger partial charge in [-0.3, -0.25) is 14.7 Å². The summed E-state index contributed by atoms with van der Waals surface area (Å²) in [6, 6.07) is 0.0547. The Hall–Kier alpha value is -2.37. The Kier molecular flexibility index (Phi) is 3.32. The van der Waals surface area contributed by atoms with Gasteiger partial charge in [-0.2, -0.15) is 5.10 Å². The molecule has 6 heteroatoms. The van der Waals surface area contributed by atoms with Gasteiger partial charge in [-0.05, 0) is 31.7 Å². The monoisotopic (exact) mass is 313 g/mol. The highest BCUT2D eigenvalue weighted by molar-refractivity contribution is 6.10. The van der Waals surface area contributed by atoms with Crippen molar-refractivity contribution in [2.45, 2.75) is 51.5 Å². The fourth-order valence-electron chi connectivity index (χ4n) is 3.67. The Labute approximate surface area is 133 Å². The lowest BCUT2D eigenvalue weighted by Gasteiger charge is -2.23. The van der Waals surface area contributed by atoms with E-state index >= 15 is 0 Å². The van der Waals surface area contributed by atoms with E-state index in [4.69, 9.17) is 4.42 Å². The molecule has 2 aliphatic rings. The highest BCUT2D eigenvalue weighted by atomic mass is 16.3. The highest BCUT2D eigenvalue weighted by Gasteiger charge is 2.31. The maximum absolute atomic E-state index is 12.7. The van der Waals surface area contributed by atoms with Crippen molar-refractivity contribution in [1.82, 2.24) is 15.5 Å². The number of hydrogen-bond donors (Lipinski definition) is 2. The average Bonchev–Trinajstić information content (AvgIpc) is 3.10. The van der Waals surface area contributed by atoms with Gasteiger partial charge in [0.2, 0.25) is 0 Å². The molecule has 23 heavy (non-hydrogen) atoms. The van der Waals surface area contributed by atoms with Crippen molar-refractivity contribution in [3.8, 4) is 0 Å². The first-order valence-electron chi connectivity index (χ1n) is 8.11. The number of nitrogens with one attached hydrogen (secondary N) is 2. The summed E-state index contributed by atoms with van der Waals surface area (Å²) in [6.45, 7) is 1.76. The molecule has 2 aliphatic carbocycles. The molecule has 0 bridgehead atoms. The Morgan fingerprint density at radius 1 is 1.39 bits per heavy atom. The predicted molar refractivity (Wildman–Crippen MR) is 82.6 cm³/mol. The number of H-pyrrole nitrogens is 1. The van der Waals surface area contributed by atoms with E-state index in [9.17, 15) is 9.59 Å². The molecule has 1 unspecified atom stereocenters. The molecule has 0 saturated carbocycles. The molecule has 0 fully saturated rings. The van der Waals surface area contributed by atoms with Gasteiger partial charge < -0.3 is 9.73 Å². The molecule has 0 spiro atoms. The first-order valence-corrected chi connectivity index (χ1v) is 8.11. The summed E-state index contributed by atoms with van der Waals surface area (Å²) in [4.78, 5) is 24.9. The number of Topliss-reactive ketones (excluding diaryl/α,β-unsaturated/α-hetero) is 1. The van der Waals surface area contributed by atoms with Crippen LogP contribution in [0, 0.1) is 6.92 Å². The number of hydrogen-bond acceptors (Lipinski definition) is 4. The van der Waals surface area contributed by atoms with Gasteiger partial charge in [-0.25, -0.2) is 0 Å². The van der Waals surface area contributed by atoms with Crippen molar-refractivity contribution >= 4 is 11.7 Å². The number of ketones is 1. The number of furan rings is 1. The van der Waals surface area contributed by atoms with Crippen molar-refractivity contribution < 1.29 is 14.0 Å². The van der Waals surface area contributed by atoms with Gasteiger partial charge in [0.1, 0.15) is 11.5 Å². The van der Waals surface area contributed by atoms with Gasteiger partial charge in [-0.15, -0.1) is 0 Å². The second-order valence-electron chi connectivity index (χ2n) is 6.40. The Balaban J connectivity index is 1.57. The summed E-state index contributed by atoms with van der Waals surface area (Å²) >= 11 is 0. The number of amides is 1. The minimum absolute atomic E-state index is 0.0211. The number of aryl methyl sites for hydroxylation is 3. The summed E-state index contributed by atoms with van der Waals surface area (Å²) in [5.41, 5.74) is 3.25. The molecule has 120 valence electrons. The summed E-state index contributed by atoms with van der Waals surface area (Å²) in [7, 11) is 0. The van der Waals surface area contributed by atoms with Gasteiger partial charge in [0.05, 0.1) is 17.3 Å². The average molecular weight is 313 g/mol. The first-order chi connectivity index (χ1) is 11.1. The van der Waals surface area contributed by atoms with Crippen molar-refractivity contribution in [3.05, 3.63) is 40.1 Å². The third kappa shape index (κ3) is 2.38. The fourth-order valence-corrected chi connectivity index (χ4v) is 3.67. The summed E-state index contributed by atoms with van der Waals surface area (Å²) in [5, 5.41) is 10.1. The Bertz CT molecular complexity index is 787. The number of carbonyl (C=O) groups is 2. The normalized spacial score (nSPS) is 20.0. The fraction of sp³-hybridized carbons (Fsp3) is 0.471. The van der Waals surface area contributed by atoms with Crippen LogP contribution in [0.25, 0.3) is 0 Å². The third-order valence-corrected chi connectivity index (χ3v) is 4.83. The van der Waals surface area contributed by atoms with E-state index < -0.39 is 0 Å². The van der Waals surface area contributed by atoms with Crippen molar-refractivity contribution in [2.75, 3.05) is 0 Å². The molecule has 2 aromatic heterocycles. The van der Waals surface area contributed by atoms with Crippen LogP contribution in [0.2, 0.25) is 0 Å². The summed E-state index contributed by atoms with van der Waals surface area (Å²) in [6.07, 6.45) is 6.40. The minimum atomic E-state index is -0.198. The van der Waals surface area contributed by atoms with Crippen LogP contribution in [0.15, 0.2) is 10.6 Å². The van der Waals surface area contributed by atoms with Crippen molar-refractivity contribution in [1.29, 1.82) is 0 Å². The maximum atomic E-state index is 12.7. The Morgan fingerprint density at radius 2 is 2.26 bits per heavy atom. The number of aromatic amines is 1. The second kappa shape index (κ2) is 5.37. The van der Waals surface area contributed by atoms with Gasteiger partial charge in [-0.1, -0.05) is 0 Å². The van der Waals surface area contributed by atoms with Crippen LogP contribution in [0.1, 0.15) is 62.8 Å². The van der Waals surface area contributed by atoms with Crippen molar-refractivity contribution in [2.24, 2.45) is 0 Å². The first kappa shape index (κ1) is 14.2. The van der Waals surface area contributed by atoms with Gasteiger partial charge in [0, 0.05) is 31.0 Å². The summed E-state index contributed by atoms with van der Waals surface area (Å²) < 4.78 is 5.66. The molecule has 2 aromatic rings. The SMILES string of the molecule is Cc1oc2c(c1C(=O)NC1CCc3cn[nH]c3C1)C(=O)CCC2. The largest absolute Gasteiger partial charge is 0.465 e. The second-order valence-corrected chi connectivity index (χ2v) is 6.40. The lowest BCUT2D eigenvalue weighted by atomic mass is 9.91. The van der Waals surface area contributed by atoms with Gasteiger partial charge in [0.15, 0.2) is 5.78 Å². The third-order valence-electron chi connectivity index (χ3n) is 4.83. The molecule has 2 N–H and O–H groups in total. The van der Waals surface area contributed by atoms with E-state index in [0.717, 1.165) is 37.8 Å². The molecule has 1 atom stereocenters. The number of aromatic nitrogens is 2. The van der Waals surface area contributed by atoms with Crippen LogP contribution in [0.4, 0.5) is 0 Å². The van der Waals surface area contributed by atoms with Gasteiger partial charge in [0.25, 0.3) is 5.91 Å². The molecule has 4 rings (SSSR count). The molecular weight excluding hydrogens is 294 g/mol. The molecule has 6 nitrogen and oxygen atoms in total. The molecule has 2 heterocycles. The lowest BCUT2D eigenvalue weighted by molar-refractivity contribution is 0.0913. The zero-order valence-corrected chi connectivity index (χ0v) is 13.1. The molecule has 0 aromatic carbocycles. The number of rotatable bonds is 2. The van der Waals surface area contributed by atoms with Crippen LogP contribution in [-0.2, 0) is 19.3 Å². The zero-order valence-electron chi connectivity index (χ0n) is 13.1. The zero-order chi connectivity index (χ0) is 16.0. The van der Waals surface area contributed by atoms with Gasteiger partial charge >= 0.3 is 0 Å². The summed E-state index contributed by atoms with van der Waals surface area (Å²) in [5.74, 6) is 1.03. The standard InChI is InChI=1S/C17H19N3O3/c1-9-15(16-13(21)3-2-4-14(16)23-9)17(22)19-11-6-5-10-8-18-20-12(10)7-11/h8,11H,2-7H2,1H3,(H,18,20)(H,19,22). The van der Waals surface area contributed by atoms with Crippen LogP contribution in [0.5, 0.6) is 0 Å². The highest BCUT2D eigenvalue weighted by Crippen LogP contribution is 2.30. The van der Waals surface area contributed by atoms with E-state index in [1.807, 2.05) is 6.20 Å². The van der Waals surface area contributed by atoms with E-state index in [0.29, 0.717) is 29.1 Å². The van der Waals surface area contributed by atoms with E-state index in [1.54, 1.807) is 6.92 Å². The maximum Gasteiger partial charge on any atom is 0.255 e. The molecule has 1 amide bonds. The molecular formula is C17H19N3O3. The Morgan fingerprint density at radius 3 is 3.13 bits per heavy atom. The van der Waals surface area contributed by atoms with Crippen LogP contribution in [-0.4, -0.2) is 27.9 Å². The van der Waals surface area contributed by atoms with E-state index in [2.05, 4.69) is 15.5 Å². The minimum Gasteiger partial charge on any atom is -0.465 e. The molecule has 0 saturated heterocycles. The van der Waals surface area contributed by atoms with E-state index in [-0.39, 0.29) is 17.7 Å². The number of nitrogens with zero attached hydrogens (tertiary/aromatic N) is 1. The quantitative estimate of drug-likeness (QED) is 0.889. The smallest absolute Gasteiger partial charge is 0.255 e. The number of fused-ring (bicyclic) bond motifs is 2. The van der Waals surface area contributed by atoms with Crippen molar-refractivity contribution in [3.63, 3.8) is 0 Å². The van der Waals surface area contributed by atoms with E-state index in [1.165, 1.54) is 5.56 Å². The van der Waals surface area contributed by atoms with Crippen LogP contribution in [0.3, 0.4) is 0 Å². The van der Waals surface area contributed by atoms with Crippen LogP contribution < -0.4 is 5.32 Å². The lowest BCUT2D eigenvalue weighted by Crippen LogP contribution is -2.39. The number of carbonyl (C=O) groups excluding carboxylic acids is 2. The topological polar surface area (TPSA) is 88.0 Å². The predicted octanol–water partition coefficient (Wildman–Crippen LogP) is 2.12. The molecule has 0 radical (unpaired) electrons. The van der Waals surface area contributed by atoms with Crippen LogP contribution >= 0.6 is 0 Å². The molecule has 0 aliphatic heterocycles.